The number of nitrogens with zero attached hydrogens (tertiary/aromatic N) is 1. The molecule has 1 aromatic rings. The summed E-state index contributed by atoms with van der Waals surface area (Å²) < 4.78 is 16.5. The molecule has 1 aliphatic heterocycles. The van der Waals surface area contributed by atoms with Crippen LogP contribution in [0.15, 0.2) is 29.2 Å². The van der Waals surface area contributed by atoms with Gasteiger partial charge in [-0.3, -0.25) is 0 Å². The number of amides is 1. The summed E-state index contributed by atoms with van der Waals surface area (Å²) in [6.45, 7) is 6.26. The van der Waals surface area contributed by atoms with Crippen LogP contribution in [0, 0.1) is 0 Å². The molecule has 2 atom stereocenters. The average Bonchev–Trinajstić information content (AvgIpc) is 2.25. The van der Waals surface area contributed by atoms with Gasteiger partial charge >= 0.3 is 6.09 Å². The van der Waals surface area contributed by atoms with Crippen molar-refractivity contribution in [1.29, 1.82) is 0 Å². The number of nitrogens with two attached hydrogens (primary N) is 1. The molecule has 1 saturated heterocycles. The Labute approximate surface area is 121 Å². The van der Waals surface area contributed by atoms with Crippen molar-refractivity contribution in [2.24, 2.45) is 5.14 Å². The first-order valence-electron chi connectivity index (χ1n) is 6.54. The third-order valence-electron chi connectivity index (χ3n) is 3.14. The average molecular weight is 296 g/mol. The number of hydrogen-bond acceptors (Lipinski definition) is 3. The van der Waals surface area contributed by atoms with Gasteiger partial charge in [-0.05, 0) is 44.9 Å². The molecule has 1 aliphatic rings. The van der Waals surface area contributed by atoms with E-state index in [-0.39, 0.29) is 12.1 Å². The van der Waals surface area contributed by atoms with Gasteiger partial charge in [0, 0.05) is 6.54 Å². The molecule has 0 bridgehead atoms. The quantitative estimate of drug-likeness (QED) is 0.910. The number of hydrogen-bond donors (Lipinski definition) is 1. The van der Waals surface area contributed by atoms with Crippen LogP contribution in [-0.4, -0.2) is 27.3 Å². The monoisotopic (exact) mass is 296 g/mol. The molecule has 0 aromatic heterocycles. The fourth-order valence-electron chi connectivity index (χ4n) is 2.10. The standard InChI is InChI=1S/C14H20N2O3S/c1-14(2,3)19-13(17)16-9-8-12(16)10-4-6-11(7-5-10)20(15)18/h4-7,12H,8-9,15H2,1-3H3. The minimum absolute atomic E-state index is 0.0325. The van der Waals surface area contributed by atoms with Gasteiger partial charge in [-0.1, -0.05) is 12.1 Å². The second kappa shape index (κ2) is 5.54. The molecule has 1 heterocycles. The van der Waals surface area contributed by atoms with E-state index in [1.807, 2.05) is 32.9 Å². The lowest BCUT2D eigenvalue weighted by atomic mass is 9.95. The largest absolute Gasteiger partial charge is 0.444 e. The molecule has 20 heavy (non-hydrogen) atoms. The Morgan fingerprint density at radius 1 is 1.35 bits per heavy atom. The Bertz CT molecular complexity index is 522. The van der Waals surface area contributed by atoms with E-state index in [1.54, 1.807) is 17.0 Å². The smallest absolute Gasteiger partial charge is 0.410 e. The van der Waals surface area contributed by atoms with E-state index >= 15 is 0 Å². The van der Waals surface area contributed by atoms with Crippen molar-refractivity contribution in [3.05, 3.63) is 29.8 Å². The van der Waals surface area contributed by atoms with Crippen LogP contribution in [0.3, 0.4) is 0 Å². The van der Waals surface area contributed by atoms with Crippen LogP contribution < -0.4 is 5.14 Å². The van der Waals surface area contributed by atoms with Crippen LogP contribution in [-0.2, 0) is 15.7 Å². The van der Waals surface area contributed by atoms with Gasteiger partial charge in [-0.25, -0.2) is 14.1 Å². The van der Waals surface area contributed by atoms with Crippen molar-refractivity contribution in [2.75, 3.05) is 6.54 Å². The molecule has 0 radical (unpaired) electrons. The Balaban J connectivity index is 2.06. The molecule has 1 aromatic carbocycles. The van der Waals surface area contributed by atoms with Gasteiger partial charge in [-0.2, -0.15) is 0 Å². The second-order valence-electron chi connectivity index (χ2n) is 5.84. The maximum absolute atomic E-state index is 12.0. The van der Waals surface area contributed by atoms with Gasteiger partial charge < -0.3 is 9.64 Å². The van der Waals surface area contributed by atoms with Crippen LogP contribution >= 0.6 is 0 Å². The third kappa shape index (κ3) is 3.37. The maximum Gasteiger partial charge on any atom is 0.410 e. The molecule has 1 amide bonds. The zero-order chi connectivity index (χ0) is 14.9. The molecule has 0 aliphatic carbocycles. The summed E-state index contributed by atoms with van der Waals surface area (Å²) in [6.07, 6.45) is 0.616. The molecule has 1 fully saturated rings. The number of benzene rings is 1. The van der Waals surface area contributed by atoms with E-state index in [9.17, 15) is 9.00 Å². The first kappa shape index (κ1) is 15.0. The van der Waals surface area contributed by atoms with E-state index in [0.717, 1.165) is 12.0 Å². The predicted octanol–water partition coefficient (Wildman–Crippen LogP) is 2.35. The minimum Gasteiger partial charge on any atom is -0.444 e. The predicted molar refractivity (Wildman–Crippen MR) is 77.3 cm³/mol. The van der Waals surface area contributed by atoms with Crippen molar-refractivity contribution in [3.8, 4) is 0 Å². The van der Waals surface area contributed by atoms with Gasteiger partial charge in [0.2, 0.25) is 0 Å². The molecule has 5 nitrogen and oxygen atoms in total. The molecule has 2 rings (SSSR count). The van der Waals surface area contributed by atoms with Crippen molar-refractivity contribution in [3.63, 3.8) is 0 Å². The molecule has 2 N–H and O–H groups in total. The molecule has 2 unspecified atom stereocenters. The fraction of sp³-hybridized carbons (Fsp3) is 0.500. The van der Waals surface area contributed by atoms with Gasteiger partial charge in [0.15, 0.2) is 0 Å². The minimum atomic E-state index is -1.47. The van der Waals surface area contributed by atoms with E-state index < -0.39 is 16.6 Å². The van der Waals surface area contributed by atoms with Gasteiger partial charge in [-0.15, -0.1) is 0 Å². The number of ether oxygens (including phenoxy) is 1. The normalized spacial score (nSPS) is 20.2. The zero-order valence-electron chi connectivity index (χ0n) is 12.0. The first-order valence-corrected chi connectivity index (χ1v) is 7.75. The Morgan fingerprint density at radius 3 is 2.35 bits per heavy atom. The highest BCUT2D eigenvalue weighted by molar-refractivity contribution is 7.82. The molecule has 0 spiro atoms. The maximum atomic E-state index is 12.0. The fourth-order valence-corrected chi connectivity index (χ4v) is 2.50. The number of carbonyl (C=O) groups excluding carboxylic acids is 1. The van der Waals surface area contributed by atoms with E-state index in [0.29, 0.717) is 11.4 Å². The summed E-state index contributed by atoms with van der Waals surface area (Å²) in [5.41, 5.74) is 0.522. The number of carbonyl (C=O) groups is 1. The third-order valence-corrected chi connectivity index (χ3v) is 3.88. The van der Waals surface area contributed by atoms with Crippen LogP contribution in [0.2, 0.25) is 0 Å². The number of rotatable bonds is 2. The van der Waals surface area contributed by atoms with Crippen LogP contribution in [0.5, 0.6) is 0 Å². The second-order valence-corrected chi connectivity index (χ2v) is 6.91. The summed E-state index contributed by atoms with van der Waals surface area (Å²) in [4.78, 5) is 14.3. The summed E-state index contributed by atoms with van der Waals surface area (Å²) in [6, 6.07) is 7.22. The lowest BCUT2D eigenvalue weighted by molar-refractivity contribution is -0.00575. The summed E-state index contributed by atoms with van der Waals surface area (Å²) in [5, 5.41) is 5.32. The summed E-state index contributed by atoms with van der Waals surface area (Å²) >= 11 is 0. The lowest BCUT2D eigenvalue weighted by Crippen LogP contribution is -2.47. The molecule has 6 heteroatoms. The van der Waals surface area contributed by atoms with Gasteiger partial charge in [0.1, 0.15) is 16.6 Å². The van der Waals surface area contributed by atoms with E-state index in [4.69, 9.17) is 9.88 Å². The van der Waals surface area contributed by atoms with Crippen LogP contribution in [0.25, 0.3) is 0 Å². The molecular formula is C14H20N2O3S. The van der Waals surface area contributed by atoms with Crippen molar-refractivity contribution in [1.82, 2.24) is 4.90 Å². The molecule has 0 saturated carbocycles. The zero-order valence-corrected chi connectivity index (χ0v) is 12.8. The van der Waals surface area contributed by atoms with E-state index in [1.165, 1.54) is 0 Å². The summed E-state index contributed by atoms with van der Waals surface area (Å²) in [5.74, 6) is 0. The first-order chi connectivity index (χ1) is 9.28. The Kier molecular flexibility index (Phi) is 4.15. The van der Waals surface area contributed by atoms with Gasteiger partial charge in [0.25, 0.3) is 0 Å². The molecule has 110 valence electrons. The topological polar surface area (TPSA) is 72.6 Å². The van der Waals surface area contributed by atoms with E-state index in [2.05, 4.69) is 0 Å². The van der Waals surface area contributed by atoms with Crippen molar-refractivity contribution in [2.45, 2.75) is 43.7 Å². The Hall–Kier alpha value is -1.40. The summed E-state index contributed by atoms with van der Waals surface area (Å²) in [7, 11) is -1.47. The Morgan fingerprint density at radius 2 is 1.95 bits per heavy atom. The van der Waals surface area contributed by atoms with Crippen LogP contribution in [0.1, 0.15) is 38.8 Å². The van der Waals surface area contributed by atoms with Crippen molar-refractivity contribution >= 4 is 17.1 Å². The number of likely N-dealkylation sites (tertiary alicyclic amines) is 1. The van der Waals surface area contributed by atoms with Gasteiger partial charge in [0.05, 0.1) is 10.9 Å². The molecular weight excluding hydrogens is 276 g/mol. The lowest BCUT2D eigenvalue weighted by Gasteiger charge is -2.41. The highest BCUT2D eigenvalue weighted by Crippen LogP contribution is 2.34. The van der Waals surface area contributed by atoms with Crippen LogP contribution in [0.4, 0.5) is 4.79 Å². The SMILES string of the molecule is CC(C)(C)OC(=O)N1CCC1c1ccc(S(N)=O)cc1. The highest BCUT2D eigenvalue weighted by Gasteiger charge is 2.36. The van der Waals surface area contributed by atoms with Crippen molar-refractivity contribution < 1.29 is 13.7 Å². The highest BCUT2D eigenvalue weighted by atomic mass is 32.2.